The van der Waals surface area contributed by atoms with Gasteiger partial charge in [-0.05, 0) is 24.8 Å². The summed E-state index contributed by atoms with van der Waals surface area (Å²) in [6, 6.07) is 10.3. The number of hydrogen-bond acceptors (Lipinski definition) is 3. The number of fused-ring (bicyclic) bond motifs is 2. The standard InChI is InChI=1S/C19H26Br2O3/c1-2-14(20)17-10-15(21)18-11-19(24-17)16(23-18)8-9-22-12-13-6-4-3-5-7-13/h3-7,14-19H,2,8-12H2,1H3/t14-,15+,16+,17+,18+,19+/m0/s1. The van der Waals surface area contributed by atoms with Gasteiger partial charge in [0.1, 0.15) is 0 Å². The first-order valence-electron chi connectivity index (χ1n) is 8.88. The minimum Gasteiger partial charge on any atom is -0.377 e. The van der Waals surface area contributed by atoms with E-state index < -0.39 is 0 Å². The molecular formula is C19H26Br2O3. The van der Waals surface area contributed by atoms with Gasteiger partial charge in [0.15, 0.2) is 0 Å². The average molecular weight is 462 g/mol. The van der Waals surface area contributed by atoms with E-state index >= 15 is 0 Å². The Kier molecular flexibility index (Phi) is 7.17. The Morgan fingerprint density at radius 1 is 1.17 bits per heavy atom. The highest BCUT2D eigenvalue weighted by Crippen LogP contribution is 2.38. The van der Waals surface area contributed by atoms with E-state index in [0.717, 1.165) is 25.7 Å². The van der Waals surface area contributed by atoms with E-state index in [4.69, 9.17) is 14.2 Å². The van der Waals surface area contributed by atoms with E-state index in [1.54, 1.807) is 0 Å². The van der Waals surface area contributed by atoms with E-state index in [9.17, 15) is 0 Å². The maximum atomic E-state index is 6.40. The summed E-state index contributed by atoms with van der Waals surface area (Å²) in [5, 5.41) is 0. The number of rotatable bonds is 7. The highest BCUT2D eigenvalue weighted by Gasteiger charge is 2.44. The molecule has 2 aliphatic heterocycles. The van der Waals surface area contributed by atoms with Gasteiger partial charge in [-0.15, -0.1) is 0 Å². The van der Waals surface area contributed by atoms with Crippen LogP contribution >= 0.6 is 31.9 Å². The van der Waals surface area contributed by atoms with Crippen molar-refractivity contribution < 1.29 is 14.2 Å². The van der Waals surface area contributed by atoms with Crippen LogP contribution in [-0.2, 0) is 20.8 Å². The van der Waals surface area contributed by atoms with Crippen LogP contribution in [0.15, 0.2) is 30.3 Å². The molecule has 0 aliphatic carbocycles. The lowest BCUT2D eigenvalue weighted by atomic mass is 10.1. The quantitative estimate of drug-likeness (QED) is 0.429. The Hall–Kier alpha value is 0.0600. The van der Waals surface area contributed by atoms with Gasteiger partial charge in [-0.2, -0.15) is 0 Å². The maximum Gasteiger partial charge on any atom is 0.0867 e. The van der Waals surface area contributed by atoms with Gasteiger partial charge in [0.25, 0.3) is 0 Å². The minimum atomic E-state index is 0.144. The molecule has 24 heavy (non-hydrogen) atoms. The summed E-state index contributed by atoms with van der Waals surface area (Å²) in [5.74, 6) is 0. The molecule has 2 saturated heterocycles. The minimum absolute atomic E-state index is 0.144. The third-order valence-corrected chi connectivity index (χ3v) is 7.09. The van der Waals surface area contributed by atoms with Crippen molar-refractivity contribution in [1.29, 1.82) is 0 Å². The average Bonchev–Trinajstić information content (AvgIpc) is 2.92. The smallest absolute Gasteiger partial charge is 0.0867 e. The van der Waals surface area contributed by atoms with Gasteiger partial charge in [-0.1, -0.05) is 69.1 Å². The Balaban J connectivity index is 1.48. The fraction of sp³-hybridized carbons (Fsp3) is 0.684. The van der Waals surface area contributed by atoms with Gasteiger partial charge >= 0.3 is 0 Å². The van der Waals surface area contributed by atoms with Crippen LogP contribution in [-0.4, -0.2) is 40.7 Å². The molecule has 2 aliphatic rings. The van der Waals surface area contributed by atoms with Gasteiger partial charge in [0.05, 0.1) is 31.0 Å². The maximum absolute atomic E-state index is 6.40. The van der Waals surface area contributed by atoms with E-state index in [1.807, 2.05) is 18.2 Å². The third kappa shape index (κ3) is 4.82. The highest BCUT2D eigenvalue weighted by molar-refractivity contribution is 9.09. The van der Waals surface area contributed by atoms with Crippen molar-refractivity contribution in [2.24, 2.45) is 0 Å². The van der Waals surface area contributed by atoms with Gasteiger partial charge in [-0.3, -0.25) is 0 Å². The molecule has 6 atom stereocenters. The molecule has 3 rings (SSSR count). The van der Waals surface area contributed by atoms with Crippen molar-refractivity contribution in [2.45, 2.75) is 73.3 Å². The molecule has 1 aromatic carbocycles. The molecule has 0 spiro atoms. The van der Waals surface area contributed by atoms with E-state index in [2.05, 4.69) is 50.9 Å². The Bertz CT molecular complexity index is 499. The number of ether oxygens (including phenoxy) is 3. The number of hydrogen-bond donors (Lipinski definition) is 0. The monoisotopic (exact) mass is 460 g/mol. The first-order chi connectivity index (χ1) is 11.7. The predicted octanol–water partition coefficient (Wildman–Crippen LogP) is 4.85. The zero-order valence-electron chi connectivity index (χ0n) is 14.1. The summed E-state index contributed by atoms with van der Waals surface area (Å²) in [6.07, 6.45) is 4.80. The molecule has 0 N–H and O–H groups in total. The van der Waals surface area contributed by atoms with E-state index in [1.165, 1.54) is 5.56 Å². The summed E-state index contributed by atoms with van der Waals surface area (Å²) in [5.41, 5.74) is 1.21. The zero-order valence-corrected chi connectivity index (χ0v) is 17.2. The zero-order chi connectivity index (χ0) is 16.9. The van der Waals surface area contributed by atoms with Crippen LogP contribution in [0.3, 0.4) is 0 Å². The predicted molar refractivity (Wildman–Crippen MR) is 103 cm³/mol. The molecule has 3 nitrogen and oxygen atoms in total. The Morgan fingerprint density at radius 3 is 2.71 bits per heavy atom. The van der Waals surface area contributed by atoms with Gasteiger partial charge in [0.2, 0.25) is 0 Å². The summed E-state index contributed by atoms with van der Waals surface area (Å²) in [4.78, 5) is 0.779. The molecule has 0 saturated carbocycles. The molecule has 2 bridgehead atoms. The van der Waals surface area contributed by atoms with Crippen LogP contribution in [0.25, 0.3) is 0 Å². The van der Waals surface area contributed by atoms with Crippen molar-refractivity contribution >= 4 is 31.9 Å². The highest BCUT2D eigenvalue weighted by atomic mass is 79.9. The van der Waals surface area contributed by atoms with Crippen molar-refractivity contribution in [1.82, 2.24) is 0 Å². The second-order valence-corrected chi connectivity index (χ2v) is 9.02. The fourth-order valence-corrected chi connectivity index (χ4v) is 4.54. The summed E-state index contributed by atoms with van der Waals surface area (Å²) in [6.45, 7) is 3.56. The van der Waals surface area contributed by atoms with Crippen LogP contribution in [0, 0.1) is 0 Å². The molecule has 2 fully saturated rings. The van der Waals surface area contributed by atoms with Crippen molar-refractivity contribution in [3.63, 3.8) is 0 Å². The van der Waals surface area contributed by atoms with Crippen LogP contribution in [0.2, 0.25) is 0 Å². The third-order valence-electron chi connectivity index (χ3n) is 4.89. The molecule has 5 heteroatoms. The van der Waals surface area contributed by atoms with Crippen LogP contribution in [0.1, 0.15) is 38.2 Å². The molecule has 0 aromatic heterocycles. The lowest BCUT2D eigenvalue weighted by Crippen LogP contribution is -2.37. The fourth-order valence-electron chi connectivity index (χ4n) is 3.49. The molecule has 134 valence electrons. The lowest BCUT2D eigenvalue weighted by molar-refractivity contribution is -0.0839. The molecule has 0 radical (unpaired) electrons. The van der Waals surface area contributed by atoms with Gasteiger partial charge < -0.3 is 14.2 Å². The summed E-state index contributed by atoms with van der Waals surface area (Å²) in [7, 11) is 0. The van der Waals surface area contributed by atoms with Gasteiger partial charge in [0, 0.05) is 22.7 Å². The Labute approximate surface area is 161 Å². The largest absolute Gasteiger partial charge is 0.377 e. The lowest BCUT2D eigenvalue weighted by Gasteiger charge is -2.30. The molecular weight excluding hydrogens is 436 g/mol. The summed E-state index contributed by atoms with van der Waals surface area (Å²) < 4.78 is 18.4. The van der Waals surface area contributed by atoms with Gasteiger partial charge in [-0.25, -0.2) is 0 Å². The number of benzene rings is 1. The van der Waals surface area contributed by atoms with Crippen LogP contribution in [0.4, 0.5) is 0 Å². The molecule has 1 aromatic rings. The van der Waals surface area contributed by atoms with Crippen molar-refractivity contribution in [3.05, 3.63) is 35.9 Å². The normalized spacial score (nSPS) is 34.0. The second kappa shape index (κ2) is 9.13. The molecule has 0 amide bonds. The second-order valence-electron chi connectivity index (χ2n) is 6.66. The van der Waals surface area contributed by atoms with Crippen molar-refractivity contribution in [3.8, 4) is 0 Å². The SMILES string of the molecule is CC[C@H](Br)[C@H]1C[C@@H](Br)[C@H]2C[C@@H](O1)[C@@H](CCOCc1ccccc1)O2. The van der Waals surface area contributed by atoms with Crippen LogP contribution < -0.4 is 0 Å². The first-order valence-corrected chi connectivity index (χ1v) is 10.7. The van der Waals surface area contributed by atoms with E-state index in [0.29, 0.717) is 22.9 Å². The number of alkyl halides is 2. The molecule has 0 unspecified atom stereocenters. The van der Waals surface area contributed by atoms with Crippen LogP contribution in [0.5, 0.6) is 0 Å². The molecule has 2 heterocycles. The van der Waals surface area contributed by atoms with E-state index in [-0.39, 0.29) is 24.4 Å². The Morgan fingerprint density at radius 2 is 1.96 bits per heavy atom. The number of halogens is 2. The first kappa shape index (κ1) is 18.8. The van der Waals surface area contributed by atoms with Crippen molar-refractivity contribution in [2.75, 3.05) is 6.61 Å². The topological polar surface area (TPSA) is 27.7 Å². The summed E-state index contributed by atoms with van der Waals surface area (Å²) >= 11 is 7.58.